The van der Waals surface area contributed by atoms with Gasteiger partial charge in [-0.1, -0.05) is 72.8 Å². The van der Waals surface area contributed by atoms with E-state index < -0.39 is 0 Å². The number of thiophene rings is 1. The van der Waals surface area contributed by atoms with Gasteiger partial charge < -0.3 is 5.11 Å². The van der Waals surface area contributed by atoms with Crippen molar-refractivity contribution >= 4 is 27.3 Å². The molecule has 2 heterocycles. The first-order valence-corrected chi connectivity index (χ1v) is 11.7. The molecule has 0 unspecified atom stereocenters. The molecule has 5 heteroatoms. The molecule has 0 aliphatic heterocycles. The van der Waals surface area contributed by atoms with Gasteiger partial charge >= 0.3 is 0 Å². The molecule has 1 N–H and O–H groups in total. The van der Waals surface area contributed by atoms with Gasteiger partial charge in [0.25, 0.3) is 0 Å². The number of fused-ring (bicyclic) bond motifs is 1. The Morgan fingerprint density at radius 2 is 1.49 bits per heavy atom. The van der Waals surface area contributed by atoms with Crippen LogP contribution in [-0.4, -0.2) is 15.9 Å². The first-order valence-electron chi connectivity index (χ1n) is 10.9. The maximum atomic E-state index is 10.0. The Hall–Kier alpha value is -3.37. The number of aliphatic hydroxyl groups is 1. The standard InChI is InChI=1S/C25H16NS.C5H8O2.Ir/c1-4-10-18(11-5-1)22-17-16-21-23(19-12-6-2-7-13-19)24(27-25(21)26-22)20-14-8-3-9-15-20;1-4(6)3-5(2)7;/h1-10,12-17H;3,6H,1-2H3;/q-1;;/b;4-3-;. The molecule has 5 rings (SSSR count). The third kappa shape index (κ3) is 6.61. The summed E-state index contributed by atoms with van der Waals surface area (Å²) in [5.41, 5.74) is 5.70. The molecule has 0 atom stereocenters. The summed E-state index contributed by atoms with van der Waals surface area (Å²) >= 11 is 1.76. The SMILES string of the molecule is CC(=O)/C=C(/C)O.[Ir].[c-]1ccccc1-c1ccc2c(-c3ccccc3)c(-c3ccccc3)sc2n1. The Bertz CT molecular complexity index is 1430. The largest absolute Gasteiger partial charge is 0.512 e. The number of benzene rings is 3. The van der Waals surface area contributed by atoms with Crippen LogP contribution in [0, 0.1) is 6.07 Å². The predicted molar refractivity (Wildman–Crippen MR) is 142 cm³/mol. The van der Waals surface area contributed by atoms with E-state index in [9.17, 15) is 4.79 Å². The van der Waals surface area contributed by atoms with Crippen molar-refractivity contribution in [2.45, 2.75) is 13.8 Å². The van der Waals surface area contributed by atoms with Gasteiger partial charge in [0, 0.05) is 42.0 Å². The number of aliphatic hydroxyl groups excluding tert-OH is 1. The van der Waals surface area contributed by atoms with Crippen LogP contribution in [0.15, 0.2) is 109 Å². The summed E-state index contributed by atoms with van der Waals surface area (Å²) in [6.07, 6.45) is 1.17. The maximum absolute atomic E-state index is 10.0. The molecular weight excluding hydrogens is 631 g/mol. The first kappa shape index (κ1) is 26.2. The zero-order valence-electron chi connectivity index (χ0n) is 19.4. The van der Waals surface area contributed by atoms with Crippen molar-refractivity contribution in [1.29, 1.82) is 0 Å². The second-order valence-corrected chi connectivity index (χ2v) is 8.76. The third-order valence-corrected chi connectivity index (χ3v) is 6.20. The fourth-order valence-corrected chi connectivity index (χ4v) is 4.86. The summed E-state index contributed by atoms with van der Waals surface area (Å²) in [6, 6.07) is 36.7. The van der Waals surface area contributed by atoms with Crippen LogP contribution in [0.5, 0.6) is 0 Å². The van der Waals surface area contributed by atoms with Crippen molar-refractivity contribution in [3.63, 3.8) is 0 Å². The number of carbonyl (C=O) groups excluding carboxylic acids is 1. The third-order valence-electron chi connectivity index (χ3n) is 5.05. The Balaban J connectivity index is 0.000000378. The average Bonchev–Trinajstić information content (AvgIpc) is 3.24. The molecule has 0 bridgehead atoms. The van der Waals surface area contributed by atoms with E-state index in [4.69, 9.17) is 10.1 Å². The van der Waals surface area contributed by atoms with Crippen molar-refractivity contribution in [1.82, 2.24) is 4.98 Å². The van der Waals surface area contributed by atoms with E-state index in [1.54, 1.807) is 11.3 Å². The minimum atomic E-state index is -0.125. The second-order valence-electron chi connectivity index (χ2n) is 7.76. The quantitative estimate of drug-likeness (QED) is 0.121. The topological polar surface area (TPSA) is 50.2 Å². The van der Waals surface area contributed by atoms with Crippen LogP contribution < -0.4 is 0 Å². The summed E-state index contributed by atoms with van der Waals surface area (Å²) in [7, 11) is 0. The van der Waals surface area contributed by atoms with E-state index in [0.717, 1.165) is 16.1 Å². The number of ketones is 1. The number of carbonyl (C=O) groups is 1. The molecule has 35 heavy (non-hydrogen) atoms. The minimum absolute atomic E-state index is 0. The van der Waals surface area contributed by atoms with E-state index in [-0.39, 0.29) is 31.6 Å². The molecule has 0 spiro atoms. The molecule has 0 aliphatic carbocycles. The Labute approximate surface area is 223 Å². The molecule has 3 aromatic carbocycles. The maximum Gasteiger partial charge on any atom is 0.155 e. The molecule has 0 saturated heterocycles. The van der Waals surface area contributed by atoms with Gasteiger partial charge in [-0.3, -0.25) is 9.78 Å². The normalized spacial score (nSPS) is 10.7. The van der Waals surface area contributed by atoms with Gasteiger partial charge in [0.15, 0.2) is 5.78 Å². The summed E-state index contributed by atoms with van der Waals surface area (Å²) in [5.74, 6) is -0.0625. The Morgan fingerprint density at radius 3 is 2.03 bits per heavy atom. The van der Waals surface area contributed by atoms with Gasteiger partial charge in [-0.2, -0.15) is 0 Å². The monoisotopic (exact) mass is 655 g/mol. The summed E-state index contributed by atoms with van der Waals surface area (Å²) in [6.45, 7) is 2.85. The molecule has 0 fully saturated rings. The average molecular weight is 655 g/mol. The minimum Gasteiger partial charge on any atom is -0.512 e. The smallest absolute Gasteiger partial charge is 0.155 e. The van der Waals surface area contributed by atoms with Crippen molar-refractivity contribution in [2.24, 2.45) is 0 Å². The number of allylic oxidation sites excluding steroid dienone is 2. The molecule has 0 amide bonds. The van der Waals surface area contributed by atoms with Crippen LogP contribution in [0.2, 0.25) is 0 Å². The summed E-state index contributed by atoms with van der Waals surface area (Å²) in [5, 5.41) is 9.56. The van der Waals surface area contributed by atoms with E-state index in [1.165, 1.54) is 46.9 Å². The van der Waals surface area contributed by atoms with Gasteiger partial charge in [-0.15, -0.1) is 47.2 Å². The van der Waals surface area contributed by atoms with Crippen molar-refractivity contribution in [3.8, 4) is 32.8 Å². The first-order chi connectivity index (χ1) is 16.5. The zero-order chi connectivity index (χ0) is 23.9. The van der Waals surface area contributed by atoms with E-state index in [1.807, 2.05) is 18.2 Å². The molecule has 1 radical (unpaired) electrons. The van der Waals surface area contributed by atoms with Crippen LogP contribution in [0.25, 0.3) is 43.0 Å². The summed E-state index contributed by atoms with van der Waals surface area (Å²) < 4.78 is 0. The molecule has 3 nitrogen and oxygen atoms in total. The van der Waals surface area contributed by atoms with E-state index in [2.05, 4.69) is 84.9 Å². The van der Waals surface area contributed by atoms with Crippen LogP contribution in [-0.2, 0) is 24.9 Å². The Morgan fingerprint density at radius 1 is 0.857 bits per heavy atom. The zero-order valence-corrected chi connectivity index (χ0v) is 22.6. The molecule has 0 saturated carbocycles. The molecular formula is C30H24IrNO2S-. The number of pyridine rings is 1. The fourth-order valence-electron chi connectivity index (χ4n) is 3.66. The van der Waals surface area contributed by atoms with E-state index in [0.29, 0.717) is 0 Å². The number of hydrogen-bond donors (Lipinski definition) is 1. The van der Waals surface area contributed by atoms with Crippen LogP contribution in [0.4, 0.5) is 0 Å². The van der Waals surface area contributed by atoms with Crippen molar-refractivity contribution in [3.05, 3.63) is 115 Å². The van der Waals surface area contributed by atoms with Gasteiger partial charge in [0.05, 0.1) is 5.76 Å². The van der Waals surface area contributed by atoms with Crippen LogP contribution in [0.1, 0.15) is 13.8 Å². The van der Waals surface area contributed by atoms with Gasteiger partial charge in [-0.05, 0) is 30.7 Å². The molecule has 5 aromatic rings. The van der Waals surface area contributed by atoms with Crippen LogP contribution >= 0.6 is 11.3 Å². The molecule has 2 aromatic heterocycles. The van der Waals surface area contributed by atoms with Crippen molar-refractivity contribution in [2.75, 3.05) is 0 Å². The number of hydrogen-bond acceptors (Lipinski definition) is 4. The molecule has 0 aliphatic rings. The number of aromatic nitrogens is 1. The second kappa shape index (κ2) is 12.4. The summed E-state index contributed by atoms with van der Waals surface area (Å²) in [4.78, 5) is 17.3. The van der Waals surface area contributed by atoms with Crippen molar-refractivity contribution < 1.29 is 30.0 Å². The van der Waals surface area contributed by atoms with Crippen LogP contribution in [0.3, 0.4) is 0 Å². The van der Waals surface area contributed by atoms with E-state index >= 15 is 0 Å². The van der Waals surface area contributed by atoms with Gasteiger partial charge in [0.1, 0.15) is 4.83 Å². The van der Waals surface area contributed by atoms with Gasteiger partial charge in [0.2, 0.25) is 0 Å². The number of nitrogens with zero attached hydrogens (tertiary/aromatic N) is 1. The predicted octanol–water partition coefficient (Wildman–Crippen LogP) is 8.13. The molecule has 177 valence electrons. The number of rotatable bonds is 4. The fraction of sp³-hybridized carbons (Fsp3) is 0.0667. The Kier molecular flexibility index (Phi) is 9.27. The van der Waals surface area contributed by atoms with Gasteiger partial charge in [-0.25, -0.2) is 0 Å².